The molecule has 0 aliphatic heterocycles. The highest BCUT2D eigenvalue weighted by atomic mass is 35.5. The highest BCUT2D eigenvalue weighted by molar-refractivity contribution is 6.34. The number of carboxylic acid groups (broad SMARTS) is 1. The van der Waals surface area contributed by atoms with Crippen LogP contribution in [0.2, 0.25) is 10.3 Å². The number of hydrogen-bond acceptors (Lipinski definition) is 3. The molecule has 2 fully saturated rings. The van der Waals surface area contributed by atoms with Gasteiger partial charge in [0, 0.05) is 6.04 Å². The number of aliphatic carboxylic acids is 1. The Hall–Kier alpha value is -1.33. The van der Waals surface area contributed by atoms with E-state index in [1.54, 1.807) is 0 Å². The molecule has 4 unspecified atom stereocenters. The predicted molar refractivity (Wildman–Crippen MR) is 77.5 cm³/mol. The summed E-state index contributed by atoms with van der Waals surface area (Å²) in [6.07, 6.45) is 2.76. The number of aromatic nitrogens is 1. The number of carbonyl (C=O) groups excluding carboxylic acids is 1. The number of rotatable bonds is 3. The fraction of sp³-hybridized carbons (Fsp3) is 0.500. The van der Waals surface area contributed by atoms with Gasteiger partial charge in [-0.15, -0.1) is 0 Å². The topological polar surface area (TPSA) is 79.3 Å². The van der Waals surface area contributed by atoms with Gasteiger partial charge in [-0.1, -0.05) is 23.2 Å². The third-order valence-corrected chi connectivity index (χ3v) is 5.06. The van der Waals surface area contributed by atoms with Crippen molar-refractivity contribution < 1.29 is 14.7 Å². The lowest BCUT2D eigenvalue weighted by Crippen LogP contribution is -2.46. The molecule has 0 saturated heterocycles. The lowest BCUT2D eigenvalue weighted by Gasteiger charge is -2.28. The van der Waals surface area contributed by atoms with E-state index in [0.717, 1.165) is 19.3 Å². The van der Waals surface area contributed by atoms with Crippen LogP contribution in [0.1, 0.15) is 29.6 Å². The summed E-state index contributed by atoms with van der Waals surface area (Å²) in [7, 11) is 0. The quantitative estimate of drug-likeness (QED) is 0.836. The van der Waals surface area contributed by atoms with E-state index < -0.39 is 17.8 Å². The van der Waals surface area contributed by atoms with Crippen molar-refractivity contribution in [2.45, 2.75) is 25.3 Å². The summed E-state index contributed by atoms with van der Waals surface area (Å²) in [5, 5.41) is 12.4. The summed E-state index contributed by atoms with van der Waals surface area (Å²) in [6.45, 7) is 0. The fourth-order valence-corrected chi connectivity index (χ4v) is 4.10. The monoisotopic (exact) mass is 328 g/mol. The van der Waals surface area contributed by atoms with E-state index in [-0.39, 0.29) is 33.7 Å². The number of carbonyl (C=O) groups is 2. The van der Waals surface area contributed by atoms with Gasteiger partial charge in [0.15, 0.2) is 0 Å². The zero-order valence-corrected chi connectivity index (χ0v) is 12.6. The number of nitrogens with zero attached hydrogens (tertiary/aromatic N) is 1. The Morgan fingerprint density at radius 3 is 2.62 bits per heavy atom. The number of halogens is 2. The number of pyridine rings is 1. The average molecular weight is 329 g/mol. The maximum absolute atomic E-state index is 12.3. The third-order valence-electron chi connectivity index (χ3n) is 4.56. The van der Waals surface area contributed by atoms with Gasteiger partial charge in [-0.2, -0.15) is 0 Å². The first-order valence-corrected chi connectivity index (χ1v) is 7.58. The molecule has 21 heavy (non-hydrogen) atoms. The largest absolute Gasteiger partial charge is 0.481 e. The molecule has 4 atom stereocenters. The van der Waals surface area contributed by atoms with E-state index in [2.05, 4.69) is 10.3 Å². The zero-order chi connectivity index (χ0) is 15.1. The van der Waals surface area contributed by atoms with Crippen LogP contribution in [0.3, 0.4) is 0 Å². The van der Waals surface area contributed by atoms with Gasteiger partial charge in [0.2, 0.25) is 0 Å². The van der Waals surface area contributed by atoms with Crippen molar-refractivity contribution in [3.8, 4) is 0 Å². The standard InChI is InChI=1S/C14H14Cl2N2O3/c15-9-4-3-8(12(16)17-9)13(19)18-11-7-2-1-6(5-7)10(11)14(20)21/h3-4,6-7,10-11H,1-2,5H2,(H,18,19)(H,20,21). The normalized spacial score (nSPS) is 30.4. The van der Waals surface area contributed by atoms with Crippen molar-refractivity contribution in [2.24, 2.45) is 17.8 Å². The predicted octanol–water partition coefficient (Wildman–Crippen LogP) is 2.62. The lowest BCUT2D eigenvalue weighted by molar-refractivity contribution is -0.144. The van der Waals surface area contributed by atoms with Crippen molar-refractivity contribution >= 4 is 35.1 Å². The summed E-state index contributed by atoms with van der Waals surface area (Å²) in [5.41, 5.74) is 0.216. The second kappa shape index (κ2) is 5.46. The Balaban J connectivity index is 1.79. The van der Waals surface area contributed by atoms with Gasteiger partial charge in [-0.05, 0) is 43.2 Å². The minimum atomic E-state index is -0.840. The third kappa shape index (κ3) is 2.60. The molecule has 2 saturated carbocycles. The number of fused-ring (bicyclic) bond motifs is 2. The molecular formula is C14H14Cl2N2O3. The number of carboxylic acids is 1. The zero-order valence-electron chi connectivity index (χ0n) is 11.1. The SMILES string of the molecule is O=C(NC1C2CCC(C2)C1C(=O)O)c1ccc(Cl)nc1Cl. The van der Waals surface area contributed by atoms with Crippen LogP contribution < -0.4 is 5.32 Å². The Bertz CT molecular complexity index is 608. The first kappa shape index (κ1) is 14.6. The van der Waals surface area contributed by atoms with Gasteiger partial charge in [0.25, 0.3) is 5.91 Å². The Morgan fingerprint density at radius 1 is 1.24 bits per heavy atom. The van der Waals surface area contributed by atoms with Crippen molar-refractivity contribution in [3.05, 3.63) is 28.0 Å². The van der Waals surface area contributed by atoms with E-state index in [1.807, 2.05) is 0 Å². The van der Waals surface area contributed by atoms with Crippen LogP contribution in [-0.2, 0) is 4.79 Å². The molecule has 0 aromatic carbocycles. The molecule has 3 rings (SSSR count). The molecule has 7 heteroatoms. The van der Waals surface area contributed by atoms with E-state index in [4.69, 9.17) is 23.2 Å². The van der Waals surface area contributed by atoms with E-state index in [9.17, 15) is 14.7 Å². The van der Waals surface area contributed by atoms with Gasteiger partial charge in [-0.25, -0.2) is 4.98 Å². The van der Waals surface area contributed by atoms with Crippen LogP contribution in [0.5, 0.6) is 0 Å². The number of amides is 1. The van der Waals surface area contributed by atoms with Crippen molar-refractivity contribution in [1.29, 1.82) is 0 Å². The summed E-state index contributed by atoms with van der Waals surface area (Å²) < 4.78 is 0. The molecule has 0 spiro atoms. The van der Waals surface area contributed by atoms with Crippen LogP contribution in [-0.4, -0.2) is 28.0 Å². The van der Waals surface area contributed by atoms with Crippen molar-refractivity contribution in [1.82, 2.24) is 10.3 Å². The molecule has 2 aliphatic carbocycles. The minimum Gasteiger partial charge on any atom is -0.481 e. The molecule has 1 aromatic rings. The van der Waals surface area contributed by atoms with Crippen LogP contribution in [0.4, 0.5) is 0 Å². The van der Waals surface area contributed by atoms with Gasteiger partial charge in [0.05, 0.1) is 11.5 Å². The van der Waals surface area contributed by atoms with Crippen LogP contribution in [0, 0.1) is 17.8 Å². The van der Waals surface area contributed by atoms with Crippen molar-refractivity contribution in [2.75, 3.05) is 0 Å². The summed E-state index contributed by atoms with van der Waals surface area (Å²) in [4.78, 5) is 27.6. The Morgan fingerprint density at radius 2 is 1.95 bits per heavy atom. The molecule has 0 radical (unpaired) electrons. The molecule has 112 valence electrons. The molecule has 2 bridgehead atoms. The summed E-state index contributed by atoms with van der Waals surface area (Å²) in [6, 6.07) is 2.65. The van der Waals surface area contributed by atoms with Gasteiger partial charge < -0.3 is 10.4 Å². The molecule has 5 nitrogen and oxygen atoms in total. The summed E-state index contributed by atoms with van der Waals surface area (Å²) >= 11 is 11.6. The minimum absolute atomic E-state index is 0.0232. The van der Waals surface area contributed by atoms with Crippen LogP contribution in [0.15, 0.2) is 12.1 Å². The average Bonchev–Trinajstić information content (AvgIpc) is 2.98. The van der Waals surface area contributed by atoms with E-state index >= 15 is 0 Å². The summed E-state index contributed by atoms with van der Waals surface area (Å²) in [5.74, 6) is -1.34. The first-order chi connectivity index (χ1) is 9.97. The van der Waals surface area contributed by atoms with Crippen molar-refractivity contribution in [3.63, 3.8) is 0 Å². The maximum atomic E-state index is 12.3. The van der Waals surface area contributed by atoms with Gasteiger partial charge in [0.1, 0.15) is 10.3 Å². The van der Waals surface area contributed by atoms with Crippen LogP contribution >= 0.6 is 23.2 Å². The fourth-order valence-electron chi connectivity index (χ4n) is 3.66. The second-order valence-corrected chi connectivity index (χ2v) is 6.41. The lowest BCUT2D eigenvalue weighted by atomic mass is 9.84. The molecule has 1 amide bonds. The Labute approximate surface area is 131 Å². The number of nitrogens with one attached hydrogen (secondary N) is 1. The highest BCUT2D eigenvalue weighted by Gasteiger charge is 2.51. The molecular weight excluding hydrogens is 315 g/mol. The van der Waals surface area contributed by atoms with Gasteiger partial charge in [-0.3, -0.25) is 9.59 Å². The molecule has 2 aliphatic rings. The second-order valence-electron chi connectivity index (χ2n) is 5.67. The molecule has 2 N–H and O–H groups in total. The smallest absolute Gasteiger partial charge is 0.308 e. The van der Waals surface area contributed by atoms with E-state index in [1.165, 1.54) is 12.1 Å². The Kier molecular flexibility index (Phi) is 3.80. The van der Waals surface area contributed by atoms with E-state index in [0.29, 0.717) is 0 Å². The maximum Gasteiger partial charge on any atom is 0.308 e. The molecule has 1 heterocycles. The van der Waals surface area contributed by atoms with Crippen LogP contribution in [0.25, 0.3) is 0 Å². The number of hydrogen-bond donors (Lipinski definition) is 2. The molecule has 1 aromatic heterocycles. The first-order valence-electron chi connectivity index (χ1n) is 6.83. The highest BCUT2D eigenvalue weighted by Crippen LogP contribution is 2.48. The van der Waals surface area contributed by atoms with Gasteiger partial charge >= 0.3 is 5.97 Å².